The summed E-state index contributed by atoms with van der Waals surface area (Å²) in [5.41, 5.74) is 0. The van der Waals surface area contributed by atoms with Crippen LogP contribution < -0.4 is 4.74 Å². The Kier molecular flexibility index (Phi) is 7.37. The van der Waals surface area contributed by atoms with Crippen LogP contribution in [0.2, 0.25) is 5.02 Å². The zero-order chi connectivity index (χ0) is 17.4. The van der Waals surface area contributed by atoms with Gasteiger partial charge in [0.2, 0.25) is 0 Å². The standard InChI is InChI=1S/C18H24ClNO4/c1-2-23-18(22)11-12-20(14-7-3-4-8-14)17(21)13-24-16-10-6-5-9-15(16)19/h5-6,9-10,14H,2-4,7-8,11-13H2,1H3. The quantitative estimate of drug-likeness (QED) is 0.672. The molecule has 0 unspecified atom stereocenters. The van der Waals surface area contributed by atoms with E-state index in [1.54, 1.807) is 36.1 Å². The fourth-order valence-electron chi connectivity index (χ4n) is 2.96. The normalized spacial score (nSPS) is 14.4. The van der Waals surface area contributed by atoms with E-state index in [2.05, 4.69) is 0 Å². The smallest absolute Gasteiger partial charge is 0.307 e. The lowest BCUT2D eigenvalue weighted by atomic mass is 10.2. The van der Waals surface area contributed by atoms with E-state index in [1.165, 1.54) is 0 Å². The van der Waals surface area contributed by atoms with Gasteiger partial charge >= 0.3 is 5.97 Å². The van der Waals surface area contributed by atoms with Crippen LogP contribution in [0.3, 0.4) is 0 Å². The first-order chi connectivity index (χ1) is 11.6. The molecule has 5 nitrogen and oxygen atoms in total. The van der Waals surface area contributed by atoms with Crippen molar-refractivity contribution >= 4 is 23.5 Å². The van der Waals surface area contributed by atoms with Gasteiger partial charge in [-0.05, 0) is 31.9 Å². The van der Waals surface area contributed by atoms with Gasteiger partial charge in [-0.1, -0.05) is 36.6 Å². The lowest BCUT2D eigenvalue weighted by molar-refractivity contribution is -0.144. The van der Waals surface area contributed by atoms with Gasteiger partial charge in [-0.3, -0.25) is 9.59 Å². The van der Waals surface area contributed by atoms with Crippen molar-refractivity contribution in [2.24, 2.45) is 0 Å². The molecule has 6 heteroatoms. The van der Waals surface area contributed by atoms with Crippen LogP contribution in [-0.2, 0) is 14.3 Å². The van der Waals surface area contributed by atoms with Crippen LogP contribution >= 0.6 is 11.6 Å². The van der Waals surface area contributed by atoms with Crippen molar-refractivity contribution in [3.8, 4) is 5.75 Å². The Labute approximate surface area is 147 Å². The minimum atomic E-state index is -0.277. The van der Waals surface area contributed by atoms with E-state index in [-0.39, 0.29) is 30.9 Å². The average Bonchev–Trinajstić information content (AvgIpc) is 3.09. The fourth-order valence-corrected chi connectivity index (χ4v) is 3.15. The highest BCUT2D eigenvalue weighted by Gasteiger charge is 2.27. The topological polar surface area (TPSA) is 55.8 Å². The van der Waals surface area contributed by atoms with Crippen molar-refractivity contribution < 1.29 is 19.1 Å². The van der Waals surface area contributed by atoms with E-state index in [0.717, 1.165) is 25.7 Å². The van der Waals surface area contributed by atoms with Gasteiger partial charge in [0.05, 0.1) is 18.1 Å². The summed E-state index contributed by atoms with van der Waals surface area (Å²) in [5, 5.41) is 0.476. The molecule has 1 fully saturated rings. The predicted octanol–water partition coefficient (Wildman–Crippen LogP) is 3.44. The predicted molar refractivity (Wildman–Crippen MR) is 92.2 cm³/mol. The van der Waals surface area contributed by atoms with Gasteiger partial charge in [0.25, 0.3) is 5.91 Å². The van der Waals surface area contributed by atoms with Gasteiger partial charge in [0.15, 0.2) is 6.61 Å². The SMILES string of the molecule is CCOC(=O)CCN(C(=O)COc1ccccc1Cl)C1CCCC1. The Morgan fingerprint density at radius 3 is 2.62 bits per heavy atom. The third kappa shape index (κ3) is 5.41. The molecule has 1 aromatic rings. The minimum absolute atomic E-state index is 0.0803. The molecule has 2 rings (SSSR count). The fraction of sp³-hybridized carbons (Fsp3) is 0.556. The highest BCUT2D eigenvalue weighted by molar-refractivity contribution is 6.32. The van der Waals surface area contributed by atoms with Gasteiger partial charge in [-0.25, -0.2) is 0 Å². The van der Waals surface area contributed by atoms with Crippen molar-refractivity contribution in [3.63, 3.8) is 0 Å². The zero-order valence-electron chi connectivity index (χ0n) is 14.0. The van der Waals surface area contributed by atoms with Gasteiger partial charge in [0, 0.05) is 12.6 Å². The largest absolute Gasteiger partial charge is 0.482 e. The first-order valence-electron chi connectivity index (χ1n) is 8.44. The van der Waals surface area contributed by atoms with Gasteiger partial charge in [-0.2, -0.15) is 0 Å². The van der Waals surface area contributed by atoms with Crippen LogP contribution in [0, 0.1) is 0 Å². The zero-order valence-corrected chi connectivity index (χ0v) is 14.8. The highest BCUT2D eigenvalue weighted by atomic mass is 35.5. The maximum absolute atomic E-state index is 12.6. The first kappa shape index (κ1) is 18.6. The van der Waals surface area contributed by atoms with E-state index in [1.807, 2.05) is 0 Å². The molecule has 0 bridgehead atoms. The van der Waals surface area contributed by atoms with E-state index >= 15 is 0 Å². The molecule has 1 saturated carbocycles. The number of rotatable bonds is 8. The maximum atomic E-state index is 12.6. The molecule has 0 aliphatic heterocycles. The van der Waals surface area contributed by atoms with Crippen LogP contribution in [0.25, 0.3) is 0 Å². The second kappa shape index (κ2) is 9.52. The monoisotopic (exact) mass is 353 g/mol. The van der Waals surface area contributed by atoms with Crippen molar-refractivity contribution in [3.05, 3.63) is 29.3 Å². The molecule has 0 aromatic heterocycles. The van der Waals surface area contributed by atoms with Crippen molar-refractivity contribution in [2.75, 3.05) is 19.8 Å². The number of carbonyl (C=O) groups excluding carboxylic acids is 2. The number of halogens is 1. The van der Waals surface area contributed by atoms with Crippen LogP contribution in [0.4, 0.5) is 0 Å². The Hall–Kier alpha value is -1.75. The molecular weight excluding hydrogens is 330 g/mol. The molecule has 0 atom stereocenters. The summed E-state index contributed by atoms with van der Waals surface area (Å²) in [6.45, 7) is 2.42. The summed E-state index contributed by atoms with van der Waals surface area (Å²) in [6.07, 6.45) is 4.38. The number of nitrogens with zero attached hydrogens (tertiary/aromatic N) is 1. The Morgan fingerprint density at radius 2 is 1.96 bits per heavy atom. The molecule has 0 N–H and O–H groups in total. The molecular formula is C18H24ClNO4. The third-order valence-electron chi connectivity index (χ3n) is 4.14. The van der Waals surface area contributed by atoms with Gasteiger partial charge < -0.3 is 14.4 Å². The third-order valence-corrected chi connectivity index (χ3v) is 4.45. The molecule has 1 aliphatic rings. The molecule has 1 aliphatic carbocycles. The minimum Gasteiger partial charge on any atom is -0.482 e. The lowest BCUT2D eigenvalue weighted by Crippen LogP contribution is -2.42. The molecule has 1 amide bonds. The Morgan fingerprint density at radius 1 is 1.25 bits per heavy atom. The van der Waals surface area contributed by atoms with Gasteiger partial charge in [0.1, 0.15) is 5.75 Å². The van der Waals surface area contributed by atoms with E-state index in [0.29, 0.717) is 23.9 Å². The molecule has 132 valence electrons. The molecule has 0 saturated heterocycles. The molecule has 0 spiro atoms. The molecule has 24 heavy (non-hydrogen) atoms. The van der Waals surface area contributed by atoms with Crippen molar-refractivity contribution in [1.29, 1.82) is 0 Å². The van der Waals surface area contributed by atoms with E-state index in [4.69, 9.17) is 21.1 Å². The second-order valence-corrected chi connectivity index (χ2v) is 6.21. The summed E-state index contributed by atoms with van der Waals surface area (Å²) in [6, 6.07) is 7.25. The summed E-state index contributed by atoms with van der Waals surface area (Å²) >= 11 is 6.04. The number of hydrogen-bond acceptors (Lipinski definition) is 4. The van der Waals surface area contributed by atoms with Crippen LogP contribution in [0.1, 0.15) is 39.0 Å². The van der Waals surface area contributed by atoms with E-state index < -0.39 is 0 Å². The van der Waals surface area contributed by atoms with Crippen LogP contribution in [0.15, 0.2) is 24.3 Å². The maximum Gasteiger partial charge on any atom is 0.307 e. The number of ether oxygens (including phenoxy) is 2. The first-order valence-corrected chi connectivity index (χ1v) is 8.82. The summed E-state index contributed by atoms with van der Waals surface area (Å²) in [4.78, 5) is 26.0. The Bertz CT molecular complexity index is 558. The summed E-state index contributed by atoms with van der Waals surface area (Å²) in [7, 11) is 0. The lowest BCUT2D eigenvalue weighted by Gasteiger charge is -2.28. The number of hydrogen-bond donors (Lipinski definition) is 0. The molecule has 0 radical (unpaired) electrons. The van der Waals surface area contributed by atoms with Crippen molar-refractivity contribution in [1.82, 2.24) is 4.90 Å². The van der Waals surface area contributed by atoms with Crippen molar-refractivity contribution in [2.45, 2.75) is 45.1 Å². The average molecular weight is 354 g/mol. The number of benzene rings is 1. The highest BCUT2D eigenvalue weighted by Crippen LogP contribution is 2.25. The molecule has 0 heterocycles. The van der Waals surface area contributed by atoms with E-state index in [9.17, 15) is 9.59 Å². The summed E-state index contributed by atoms with van der Waals surface area (Å²) in [5.74, 6) is 0.0933. The van der Waals surface area contributed by atoms with Gasteiger partial charge in [-0.15, -0.1) is 0 Å². The summed E-state index contributed by atoms with van der Waals surface area (Å²) < 4.78 is 10.5. The number of amides is 1. The second-order valence-electron chi connectivity index (χ2n) is 5.80. The molecule has 1 aromatic carbocycles. The number of esters is 1. The van der Waals surface area contributed by atoms with Crippen LogP contribution in [-0.4, -0.2) is 42.6 Å². The Balaban J connectivity index is 1.93. The van der Waals surface area contributed by atoms with Crippen LogP contribution in [0.5, 0.6) is 5.75 Å². The number of para-hydroxylation sites is 1. The number of carbonyl (C=O) groups is 2.